The molecule has 3 nitrogen and oxygen atoms in total. The molecule has 2 N–H and O–H groups in total. The third kappa shape index (κ3) is 9.75. The lowest BCUT2D eigenvalue weighted by Gasteiger charge is -2.21. The summed E-state index contributed by atoms with van der Waals surface area (Å²) in [4.78, 5) is 0. The summed E-state index contributed by atoms with van der Waals surface area (Å²) >= 11 is 0. The Morgan fingerprint density at radius 1 is 0.957 bits per heavy atom. The molecule has 0 aliphatic heterocycles. The predicted molar refractivity (Wildman–Crippen MR) is 95.3 cm³/mol. The normalized spacial score (nSPS) is 13.9. The molecule has 0 spiro atoms. The van der Waals surface area contributed by atoms with E-state index in [1.165, 1.54) is 32.1 Å². The van der Waals surface area contributed by atoms with Gasteiger partial charge in [-0.25, -0.2) is 0 Å². The van der Waals surface area contributed by atoms with Crippen LogP contribution in [0, 0.1) is 5.92 Å². The lowest BCUT2D eigenvalue weighted by Crippen LogP contribution is -2.25. The molecule has 0 saturated heterocycles. The van der Waals surface area contributed by atoms with E-state index in [4.69, 9.17) is 4.74 Å². The average Bonchev–Trinajstić information content (AvgIpc) is 2.59. The molecule has 0 bridgehead atoms. The van der Waals surface area contributed by atoms with Crippen LogP contribution in [0.3, 0.4) is 0 Å². The highest BCUT2D eigenvalue weighted by atomic mass is 16.5. The van der Waals surface area contributed by atoms with Crippen molar-refractivity contribution in [2.75, 3.05) is 13.2 Å². The summed E-state index contributed by atoms with van der Waals surface area (Å²) in [6.45, 7) is 3.39. The van der Waals surface area contributed by atoms with E-state index in [0.717, 1.165) is 18.4 Å². The largest absolute Gasteiger partial charge is 0.396 e. The summed E-state index contributed by atoms with van der Waals surface area (Å²) < 4.78 is 5.61. The lowest BCUT2D eigenvalue weighted by molar-refractivity contribution is 0.0225. The summed E-state index contributed by atoms with van der Waals surface area (Å²) in [5.74, 6) is -0.0125. The first kappa shape index (κ1) is 20.1. The molecule has 1 aromatic carbocycles. The third-order valence-corrected chi connectivity index (χ3v) is 4.38. The van der Waals surface area contributed by atoms with Gasteiger partial charge in [-0.1, -0.05) is 75.8 Å². The average molecular weight is 322 g/mol. The van der Waals surface area contributed by atoms with E-state index in [1.54, 1.807) is 0 Å². The molecular formula is C20H34O3. The number of ether oxygens (including phenoxy) is 1. The Labute approximate surface area is 141 Å². The molecule has 0 saturated carbocycles. The predicted octanol–water partition coefficient (Wildman–Crippen LogP) is 4.31. The summed E-state index contributed by atoms with van der Waals surface area (Å²) in [6, 6.07) is 10.0. The number of aliphatic hydroxyl groups excluding tert-OH is 2. The van der Waals surface area contributed by atoms with Gasteiger partial charge in [0.25, 0.3) is 0 Å². The van der Waals surface area contributed by atoms with Crippen molar-refractivity contribution in [1.29, 1.82) is 0 Å². The SMILES string of the molecule is CCCCCCCC[C@H](CO)[C@H](O)CCOCc1ccccc1. The maximum absolute atomic E-state index is 10.2. The van der Waals surface area contributed by atoms with Gasteiger partial charge in [-0.15, -0.1) is 0 Å². The fourth-order valence-corrected chi connectivity index (χ4v) is 2.80. The van der Waals surface area contributed by atoms with Crippen molar-refractivity contribution in [2.45, 2.75) is 71.0 Å². The molecule has 1 aromatic rings. The van der Waals surface area contributed by atoms with Gasteiger partial charge in [0.2, 0.25) is 0 Å². The van der Waals surface area contributed by atoms with Gasteiger partial charge < -0.3 is 14.9 Å². The van der Waals surface area contributed by atoms with Crippen LogP contribution in [0.2, 0.25) is 0 Å². The first-order valence-corrected chi connectivity index (χ1v) is 9.18. The van der Waals surface area contributed by atoms with Crippen molar-refractivity contribution in [3.63, 3.8) is 0 Å². The van der Waals surface area contributed by atoms with Crippen molar-refractivity contribution in [3.8, 4) is 0 Å². The number of hydrogen-bond donors (Lipinski definition) is 2. The Balaban J connectivity index is 2.09. The molecule has 0 heterocycles. The molecule has 0 fully saturated rings. The molecular weight excluding hydrogens is 288 g/mol. The number of benzene rings is 1. The molecule has 0 aliphatic rings. The summed E-state index contributed by atoms with van der Waals surface area (Å²) in [6.07, 6.45) is 8.47. The highest BCUT2D eigenvalue weighted by Crippen LogP contribution is 2.17. The van der Waals surface area contributed by atoms with E-state index >= 15 is 0 Å². The Bertz CT molecular complexity index is 366. The first-order chi connectivity index (χ1) is 11.3. The Hall–Kier alpha value is -0.900. The molecule has 0 aromatic heterocycles. The molecule has 132 valence electrons. The zero-order valence-corrected chi connectivity index (χ0v) is 14.6. The zero-order chi connectivity index (χ0) is 16.8. The second-order valence-electron chi connectivity index (χ2n) is 6.39. The van der Waals surface area contributed by atoms with Gasteiger partial charge in [0, 0.05) is 19.1 Å². The fourth-order valence-electron chi connectivity index (χ4n) is 2.80. The number of rotatable bonds is 14. The van der Waals surface area contributed by atoms with Crippen LogP contribution in [0.15, 0.2) is 30.3 Å². The third-order valence-electron chi connectivity index (χ3n) is 4.38. The maximum Gasteiger partial charge on any atom is 0.0716 e. The second kappa shape index (κ2) is 13.5. The summed E-state index contributed by atoms with van der Waals surface area (Å²) in [5, 5.41) is 19.7. The van der Waals surface area contributed by atoms with E-state index < -0.39 is 6.10 Å². The van der Waals surface area contributed by atoms with Crippen LogP contribution in [0.25, 0.3) is 0 Å². The van der Waals surface area contributed by atoms with Crippen molar-refractivity contribution in [2.24, 2.45) is 5.92 Å². The van der Waals surface area contributed by atoms with Gasteiger partial charge >= 0.3 is 0 Å². The van der Waals surface area contributed by atoms with Crippen LogP contribution in [0.1, 0.15) is 63.9 Å². The van der Waals surface area contributed by atoms with Crippen molar-refractivity contribution >= 4 is 0 Å². The van der Waals surface area contributed by atoms with E-state index in [0.29, 0.717) is 19.6 Å². The van der Waals surface area contributed by atoms with Gasteiger partial charge in [0.1, 0.15) is 0 Å². The smallest absolute Gasteiger partial charge is 0.0716 e. The van der Waals surface area contributed by atoms with Crippen LogP contribution in [-0.2, 0) is 11.3 Å². The zero-order valence-electron chi connectivity index (χ0n) is 14.6. The van der Waals surface area contributed by atoms with Gasteiger partial charge in [-0.05, 0) is 18.4 Å². The van der Waals surface area contributed by atoms with Crippen LogP contribution in [0.5, 0.6) is 0 Å². The van der Waals surface area contributed by atoms with Crippen LogP contribution < -0.4 is 0 Å². The second-order valence-corrected chi connectivity index (χ2v) is 6.39. The molecule has 0 radical (unpaired) electrons. The Morgan fingerprint density at radius 3 is 2.35 bits per heavy atom. The molecule has 0 aliphatic carbocycles. The monoisotopic (exact) mass is 322 g/mol. The molecule has 23 heavy (non-hydrogen) atoms. The minimum atomic E-state index is -0.466. The van der Waals surface area contributed by atoms with Gasteiger partial charge in [-0.2, -0.15) is 0 Å². The molecule has 1 rings (SSSR count). The highest BCUT2D eigenvalue weighted by Gasteiger charge is 2.17. The molecule has 0 unspecified atom stereocenters. The first-order valence-electron chi connectivity index (χ1n) is 9.18. The van der Waals surface area contributed by atoms with E-state index in [9.17, 15) is 10.2 Å². The van der Waals surface area contributed by atoms with Crippen LogP contribution in [0.4, 0.5) is 0 Å². The quantitative estimate of drug-likeness (QED) is 0.502. The Morgan fingerprint density at radius 2 is 1.65 bits per heavy atom. The van der Waals surface area contributed by atoms with Gasteiger partial charge in [0.15, 0.2) is 0 Å². The molecule has 0 amide bonds. The lowest BCUT2D eigenvalue weighted by atomic mass is 9.94. The molecule has 2 atom stereocenters. The number of aliphatic hydroxyl groups is 2. The van der Waals surface area contributed by atoms with Gasteiger partial charge in [-0.3, -0.25) is 0 Å². The topological polar surface area (TPSA) is 49.7 Å². The van der Waals surface area contributed by atoms with Crippen LogP contribution >= 0.6 is 0 Å². The van der Waals surface area contributed by atoms with E-state index in [1.807, 2.05) is 30.3 Å². The van der Waals surface area contributed by atoms with Crippen molar-refractivity contribution in [1.82, 2.24) is 0 Å². The van der Waals surface area contributed by atoms with Crippen molar-refractivity contribution in [3.05, 3.63) is 35.9 Å². The summed E-state index contributed by atoms with van der Waals surface area (Å²) in [5.41, 5.74) is 1.15. The Kier molecular flexibility index (Phi) is 11.9. The van der Waals surface area contributed by atoms with E-state index in [2.05, 4.69) is 6.92 Å². The van der Waals surface area contributed by atoms with Crippen molar-refractivity contribution < 1.29 is 14.9 Å². The summed E-state index contributed by atoms with van der Waals surface area (Å²) in [7, 11) is 0. The fraction of sp³-hybridized carbons (Fsp3) is 0.700. The minimum Gasteiger partial charge on any atom is -0.396 e. The molecule has 3 heteroatoms. The van der Waals surface area contributed by atoms with Gasteiger partial charge in [0.05, 0.1) is 12.7 Å². The standard InChI is InChI=1S/C20H34O3/c1-2-3-4-5-6-10-13-19(16-21)20(22)14-15-23-17-18-11-8-7-9-12-18/h7-9,11-12,19-22H,2-6,10,13-17H2,1H3/t19-,20-/m1/s1. The maximum atomic E-state index is 10.2. The van der Waals surface area contributed by atoms with E-state index in [-0.39, 0.29) is 12.5 Å². The highest BCUT2D eigenvalue weighted by molar-refractivity contribution is 5.13. The number of hydrogen-bond acceptors (Lipinski definition) is 3. The number of unbranched alkanes of at least 4 members (excludes halogenated alkanes) is 5. The minimum absolute atomic E-state index is 0.0125. The van der Waals surface area contributed by atoms with Crippen LogP contribution in [-0.4, -0.2) is 29.5 Å².